The van der Waals surface area contributed by atoms with Gasteiger partial charge in [0.15, 0.2) is 0 Å². The van der Waals surface area contributed by atoms with Crippen molar-refractivity contribution in [2.75, 3.05) is 51.4 Å². The van der Waals surface area contributed by atoms with Gasteiger partial charge in [-0.2, -0.15) is 0 Å². The highest BCUT2D eigenvalue weighted by Crippen LogP contribution is 2.42. The van der Waals surface area contributed by atoms with Gasteiger partial charge in [0, 0.05) is 38.2 Å². The third-order valence-corrected chi connectivity index (χ3v) is 4.96. The van der Waals surface area contributed by atoms with Crippen LogP contribution in [-0.2, 0) is 9.47 Å². The maximum absolute atomic E-state index is 5.48. The summed E-state index contributed by atoms with van der Waals surface area (Å²) in [4.78, 5) is 2.51. The maximum atomic E-state index is 5.48. The molecule has 0 aromatic rings. The molecule has 1 aliphatic rings. The van der Waals surface area contributed by atoms with Gasteiger partial charge in [0.25, 0.3) is 0 Å². The third-order valence-electron chi connectivity index (χ3n) is 3.77. The zero-order valence-corrected chi connectivity index (χ0v) is 13.5. The molecule has 0 saturated heterocycles. The fourth-order valence-electron chi connectivity index (χ4n) is 2.43. The van der Waals surface area contributed by atoms with E-state index in [1.54, 1.807) is 0 Å². The summed E-state index contributed by atoms with van der Waals surface area (Å²) in [6.07, 6.45) is 4.10. The highest BCUT2D eigenvalue weighted by molar-refractivity contribution is 9.09. The lowest BCUT2D eigenvalue weighted by molar-refractivity contribution is 0.0401. The van der Waals surface area contributed by atoms with E-state index in [0.717, 1.165) is 44.8 Å². The summed E-state index contributed by atoms with van der Waals surface area (Å²) in [6.45, 7) is 10.6. The van der Waals surface area contributed by atoms with Gasteiger partial charge in [-0.05, 0) is 32.1 Å². The highest BCUT2D eigenvalue weighted by Gasteiger charge is 2.37. The molecule has 0 heterocycles. The van der Waals surface area contributed by atoms with Crippen molar-refractivity contribution in [2.24, 2.45) is 5.41 Å². The van der Waals surface area contributed by atoms with Gasteiger partial charge in [-0.1, -0.05) is 22.4 Å². The smallest absolute Gasteiger partial charge is 0.0593 e. The Kier molecular flexibility index (Phi) is 8.47. The van der Waals surface area contributed by atoms with Crippen molar-refractivity contribution in [2.45, 2.75) is 33.1 Å². The summed E-state index contributed by atoms with van der Waals surface area (Å²) in [6, 6.07) is 0. The molecule has 18 heavy (non-hydrogen) atoms. The van der Waals surface area contributed by atoms with Crippen LogP contribution in [0.4, 0.5) is 0 Å². The van der Waals surface area contributed by atoms with E-state index in [4.69, 9.17) is 9.47 Å². The molecular formula is C14H28BrNO2. The zero-order valence-electron chi connectivity index (χ0n) is 11.9. The molecule has 0 aromatic heterocycles. The van der Waals surface area contributed by atoms with Crippen molar-refractivity contribution < 1.29 is 9.47 Å². The fourth-order valence-corrected chi connectivity index (χ4v) is 3.17. The Morgan fingerprint density at radius 3 is 1.94 bits per heavy atom. The van der Waals surface area contributed by atoms with Gasteiger partial charge >= 0.3 is 0 Å². The van der Waals surface area contributed by atoms with Gasteiger partial charge in [0.2, 0.25) is 0 Å². The predicted octanol–water partition coefficient (Wildman–Crippen LogP) is 2.93. The average molecular weight is 322 g/mol. The number of hydrogen-bond acceptors (Lipinski definition) is 3. The van der Waals surface area contributed by atoms with Crippen molar-refractivity contribution in [3.05, 3.63) is 0 Å². The zero-order chi connectivity index (χ0) is 13.3. The van der Waals surface area contributed by atoms with Crippen LogP contribution in [0, 0.1) is 5.41 Å². The first kappa shape index (κ1) is 16.4. The van der Waals surface area contributed by atoms with Gasteiger partial charge in [-0.25, -0.2) is 0 Å². The van der Waals surface area contributed by atoms with E-state index in [2.05, 4.69) is 34.7 Å². The van der Waals surface area contributed by atoms with Crippen molar-refractivity contribution in [1.82, 2.24) is 4.90 Å². The lowest BCUT2D eigenvalue weighted by atomic mass is 9.70. The molecule has 0 aromatic carbocycles. The number of halogens is 1. The van der Waals surface area contributed by atoms with Gasteiger partial charge in [-0.15, -0.1) is 0 Å². The molecule has 108 valence electrons. The molecule has 0 amide bonds. The Morgan fingerprint density at radius 1 is 1.06 bits per heavy atom. The topological polar surface area (TPSA) is 21.7 Å². The summed E-state index contributed by atoms with van der Waals surface area (Å²) in [5.41, 5.74) is 0.512. The molecule has 0 spiro atoms. The normalized spacial score (nSPS) is 18.0. The average Bonchev–Trinajstić information content (AvgIpc) is 2.33. The molecule has 4 heteroatoms. The molecule has 0 atom stereocenters. The van der Waals surface area contributed by atoms with Crippen LogP contribution in [0.2, 0.25) is 0 Å². The summed E-state index contributed by atoms with van der Waals surface area (Å²) in [7, 11) is 0. The van der Waals surface area contributed by atoms with Crippen LogP contribution in [-0.4, -0.2) is 56.3 Å². The fraction of sp³-hybridized carbons (Fsp3) is 1.00. The van der Waals surface area contributed by atoms with E-state index >= 15 is 0 Å². The monoisotopic (exact) mass is 321 g/mol. The molecular weight excluding hydrogens is 294 g/mol. The Hall–Kier alpha value is 0.360. The van der Waals surface area contributed by atoms with E-state index < -0.39 is 0 Å². The molecule has 1 fully saturated rings. The molecule has 1 rings (SSSR count). The SMILES string of the molecule is CCOCCN(CCOCC)CC1(CBr)CCC1. The number of ether oxygens (including phenoxy) is 2. The number of rotatable bonds is 11. The Morgan fingerprint density at radius 2 is 1.61 bits per heavy atom. The number of alkyl halides is 1. The number of nitrogens with zero attached hydrogens (tertiary/aromatic N) is 1. The molecule has 0 radical (unpaired) electrons. The summed E-state index contributed by atoms with van der Waals surface area (Å²) < 4.78 is 11.0. The van der Waals surface area contributed by atoms with Crippen LogP contribution in [0.5, 0.6) is 0 Å². The molecule has 0 aliphatic heterocycles. The van der Waals surface area contributed by atoms with Crippen molar-refractivity contribution in [3.63, 3.8) is 0 Å². The first-order chi connectivity index (χ1) is 8.76. The van der Waals surface area contributed by atoms with E-state index in [1.165, 1.54) is 25.8 Å². The minimum Gasteiger partial charge on any atom is -0.380 e. The first-order valence-corrected chi connectivity index (χ1v) is 8.32. The van der Waals surface area contributed by atoms with Crippen molar-refractivity contribution in [1.29, 1.82) is 0 Å². The predicted molar refractivity (Wildman–Crippen MR) is 79.5 cm³/mol. The van der Waals surface area contributed by atoms with Crippen LogP contribution in [0.25, 0.3) is 0 Å². The summed E-state index contributed by atoms with van der Waals surface area (Å²) in [5.74, 6) is 0. The first-order valence-electron chi connectivity index (χ1n) is 7.20. The van der Waals surface area contributed by atoms with Gasteiger partial charge in [0.05, 0.1) is 13.2 Å². The minimum atomic E-state index is 0.512. The van der Waals surface area contributed by atoms with E-state index in [1.807, 2.05) is 0 Å². The summed E-state index contributed by atoms with van der Waals surface area (Å²) >= 11 is 3.69. The Balaban J connectivity index is 2.32. The lowest BCUT2D eigenvalue weighted by Crippen LogP contribution is -2.45. The molecule has 0 N–H and O–H groups in total. The largest absolute Gasteiger partial charge is 0.380 e. The molecule has 3 nitrogen and oxygen atoms in total. The Labute approximate surface area is 120 Å². The third kappa shape index (κ3) is 5.55. The van der Waals surface area contributed by atoms with E-state index in [-0.39, 0.29) is 0 Å². The van der Waals surface area contributed by atoms with Crippen LogP contribution in [0.1, 0.15) is 33.1 Å². The van der Waals surface area contributed by atoms with E-state index in [9.17, 15) is 0 Å². The van der Waals surface area contributed by atoms with Crippen LogP contribution in [0.15, 0.2) is 0 Å². The molecule has 0 bridgehead atoms. The van der Waals surface area contributed by atoms with Gasteiger partial charge in [-0.3, -0.25) is 4.90 Å². The maximum Gasteiger partial charge on any atom is 0.0593 e. The van der Waals surface area contributed by atoms with Crippen LogP contribution in [0.3, 0.4) is 0 Å². The second kappa shape index (κ2) is 9.29. The second-order valence-electron chi connectivity index (χ2n) is 5.16. The standard InChI is InChI=1S/C14H28BrNO2/c1-3-17-10-8-16(9-11-18-4-2)13-14(12-15)6-5-7-14/h3-13H2,1-2H3. The quantitative estimate of drug-likeness (QED) is 0.431. The summed E-state index contributed by atoms with van der Waals surface area (Å²) in [5, 5.41) is 1.12. The van der Waals surface area contributed by atoms with Gasteiger partial charge in [0.1, 0.15) is 0 Å². The van der Waals surface area contributed by atoms with Crippen LogP contribution < -0.4 is 0 Å². The van der Waals surface area contributed by atoms with E-state index in [0.29, 0.717) is 5.41 Å². The lowest BCUT2D eigenvalue weighted by Gasteiger charge is -2.44. The molecule has 1 saturated carbocycles. The van der Waals surface area contributed by atoms with Crippen LogP contribution >= 0.6 is 15.9 Å². The van der Waals surface area contributed by atoms with Gasteiger partial charge < -0.3 is 9.47 Å². The minimum absolute atomic E-state index is 0.512. The van der Waals surface area contributed by atoms with Crippen molar-refractivity contribution >= 4 is 15.9 Å². The van der Waals surface area contributed by atoms with Crippen molar-refractivity contribution in [3.8, 4) is 0 Å². The number of hydrogen-bond donors (Lipinski definition) is 0. The highest BCUT2D eigenvalue weighted by atomic mass is 79.9. The Bertz CT molecular complexity index is 194. The molecule has 1 aliphatic carbocycles. The molecule has 0 unspecified atom stereocenters. The second-order valence-corrected chi connectivity index (χ2v) is 5.72.